The average molecular weight is 329 g/mol. The van der Waals surface area contributed by atoms with Crippen molar-refractivity contribution in [3.8, 4) is 0 Å². The molecule has 0 amide bonds. The summed E-state index contributed by atoms with van der Waals surface area (Å²) in [6.45, 7) is 2.24. The average Bonchev–Trinajstić information content (AvgIpc) is 3.10. The summed E-state index contributed by atoms with van der Waals surface area (Å²) < 4.78 is 5.10. The Bertz CT molecular complexity index is 1220. The first kappa shape index (κ1) is 14.1. The molecule has 0 unspecified atom stereocenters. The van der Waals surface area contributed by atoms with Gasteiger partial charge in [-0.05, 0) is 42.3 Å². The summed E-state index contributed by atoms with van der Waals surface area (Å²) >= 11 is 1.90. The molecule has 24 heavy (non-hydrogen) atoms. The normalized spacial score (nSPS) is 12.1. The summed E-state index contributed by atoms with van der Waals surface area (Å²) in [4.78, 5) is 0. The Morgan fingerprint density at radius 3 is 2.50 bits per heavy atom. The second-order valence-electron chi connectivity index (χ2n) is 6.62. The zero-order valence-electron chi connectivity index (χ0n) is 14.0. The number of benzene rings is 3. The number of thiophene rings is 1. The highest BCUT2D eigenvalue weighted by molar-refractivity contribution is 7.25. The predicted molar refractivity (Wildman–Crippen MR) is 107 cm³/mol. The van der Waals surface area contributed by atoms with E-state index in [1.807, 2.05) is 11.3 Å². The molecule has 0 radical (unpaired) electrons. The van der Waals surface area contributed by atoms with Gasteiger partial charge in [-0.15, -0.1) is 11.3 Å². The SMILES string of the molecule is CCCc1ccc2c(c1)c1cc3sc4ccccc4c3cc1n2C. The van der Waals surface area contributed by atoms with Crippen LogP contribution in [0, 0.1) is 0 Å². The van der Waals surface area contributed by atoms with Gasteiger partial charge in [0, 0.05) is 49.0 Å². The van der Waals surface area contributed by atoms with E-state index in [2.05, 4.69) is 73.1 Å². The lowest BCUT2D eigenvalue weighted by Crippen LogP contribution is -1.87. The van der Waals surface area contributed by atoms with E-state index >= 15 is 0 Å². The Labute approximate surface area is 145 Å². The van der Waals surface area contributed by atoms with Crippen molar-refractivity contribution in [2.45, 2.75) is 19.8 Å². The first-order chi connectivity index (χ1) is 11.8. The molecule has 0 saturated heterocycles. The summed E-state index contributed by atoms with van der Waals surface area (Å²) in [5.74, 6) is 0. The number of aromatic nitrogens is 1. The molecule has 0 aliphatic carbocycles. The van der Waals surface area contributed by atoms with Gasteiger partial charge in [0.05, 0.1) is 0 Å². The van der Waals surface area contributed by atoms with Crippen LogP contribution in [0.5, 0.6) is 0 Å². The first-order valence-electron chi connectivity index (χ1n) is 8.58. The number of aryl methyl sites for hydroxylation is 2. The van der Waals surface area contributed by atoms with Gasteiger partial charge in [-0.2, -0.15) is 0 Å². The van der Waals surface area contributed by atoms with E-state index in [1.54, 1.807) is 0 Å². The maximum absolute atomic E-state index is 2.40. The second kappa shape index (κ2) is 5.09. The van der Waals surface area contributed by atoms with Gasteiger partial charge < -0.3 is 4.57 Å². The summed E-state index contributed by atoms with van der Waals surface area (Å²) in [6.07, 6.45) is 2.34. The molecule has 0 spiro atoms. The van der Waals surface area contributed by atoms with Crippen molar-refractivity contribution in [3.05, 3.63) is 60.2 Å². The zero-order chi connectivity index (χ0) is 16.3. The molecule has 0 bridgehead atoms. The van der Waals surface area contributed by atoms with Crippen molar-refractivity contribution in [2.75, 3.05) is 0 Å². The highest BCUT2D eigenvalue weighted by Gasteiger charge is 2.12. The molecule has 3 aromatic carbocycles. The van der Waals surface area contributed by atoms with Crippen LogP contribution in [0.4, 0.5) is 0 Å². The van der Waals surface area contributed by atoms with Gasteiger partial charge >= 0.3 is 0 Å². The summed E-state index contributed by atoms with van der Waals surface area (Å²) in [5, 5.41) is 5.52. The lowest BCUT2D eigenvalue weighted by Gasteiger charge is -2.00. The quantitative estimate of drug-likeness (QED) is 0.341. The minimum absolute atomic E-state index is 1.15. The maximum Gasteiger partial charge on any atom is 0.0495 e. The standard InChI is InChI=1S/C22H19NS/c1-3-6-14-9-10-19-16(11-14)17-13-22-18(12-20(17)23(19)2)15-7-4-5-8-21(15)24-22/h4-5,7-13H,3,6H2,1-2H3. The Kier molecular flexibility index (Phi) is 2.98. The van der Waals surface area contributed by atoms with Crippen molar-refractivity contribution < 1.29 is 0 Å². The topological polar surface area (TPSA) is 4.93 Å². The van der Waals surface area contributed by atoms with Crippen LogP contribution in [0.1, 0.15) is 18.9 Å². The molecule has 0 N–H and O–H groups in total. The Morgan fingerprint density at radius 1 is 0.792 bits per heavy atom. The fraction of sp³-hybridized carbons (Fsp3) is 0.182. The van der Waals surface area contributed by atoms with Crippen LogP contribution in [0.3, 0.4) is 0 Å². The highest BCUT2D eigenvalue weighted by atomic mass is 32.1. The molecule has 0 aliphatic heterocycles. The van der Waals surface area contributed by atoms with Gasteiger partial charge in [0.25, 0.3) is 0 Å². The van der Waals surface area contributed by atoms with E-state index in [0.29, 0.717) is 0 Å². The van der Waals surface area contributed by atoms with E-state index in [9.17, 15) is 0 Å². The van der Waals surface area contributed by atoms with E-state index in [4.69, 9.17) is 0 Å². The molecule has 2 heteroatoms. The molecule has 2 heterocycles. The number of hydrogen-bond donors (Lipinski definition) is 0. The summed E-state index contributed by atoms with van der Waals surface area (Å²) in [6, 6.07) is 20.5. The lowest BCUT2D eigenvalue weighted by atomic mass is 10.1. The molecule has 1 nitrogen and oxygen atoms in total. The molecular weight excluding hydrogens is 310 g/mol. The molecule has 2 aromatic heterocycles. The fourth-order valence-electron chi connectivity index (χ4n) is 3.92. The van der Waals surface area contributed by atoms with Gasteiger partial charge in [0.1, 0.15) is 0 Å². The number of fused-ring (bicyclic) bond motifs is 6. The van der Waals surface area contributed by atoms with Crippen molar-refractivity contribution in [2.24, 2.45) is 7.05 Å². The van der Waals surface area contributed by atoms with Crippen LogP contribution >= 0.6 is 11.3 Å². The Hall–Kier alpha value is -2.32. The smallest absolute Gasteiger partial charge is 0.0495 e. The van der Waals surface area contributed by atoms with Crippen molar-refractivity contribution >= 4 is 53.3 Å². The zero-order valence-corrected chi connectivity index (χ0v) is 14.8. The predicted octanol–water partition coefficient (Wildman–Crippen LogP) is 6.65. The molecule has 0 aliphatic rings. The van der Waals surface area contributed by atoms with Crippen LogP contribution in [0.15, 0.2) is 54.6 Å². The van der Waals surface area contributed by atoms with Crippen LogP contribution in [0.2, 0.25) is 0 Å². The Balaban J connectivity index is 1.93. The Morgan fingerprint density at radius 2 is 1.62 bits per heavy atom. The van der Waals surface area contributed by atoms with Gasteiger partial charge in [-0.3, -0.25) is 0 Å². The largest absolute Gasteiger partial charge is 0.344 e. The van der Waals surface area contributed by atoms with Crippen LogP contribution in [-0.2, 0) is 13.5 Å². The molecule has 0 saturated carbocycles. The maximum atomic E-state index is 2.40. The summed E-state index contributed by atoms with van der Waals surface area (Å²) in [5.41, 5.74) is 4.09. The highest BCUT2D eigenvalue weighted by Crippen LogP contribution is 2.39. The monoisotopic (exact) mass is 329 g/mol. The number of rotatable bonds is 2. The molecule has 5 aromatic rings. The van der Waals surface area contributed by atoms with Gasteiger partial charge in [-0.25, -0.2) is 0 Å². The third kappa shape index (κ3) is 1.87. The third-order valence-corrected chi connectivity index (χ3v) is 6.24. The van der Waals surface area contributed by atoms with E-state index in [1.165, 1.54) is 54.0 Å². The number of hydrogen-bond acceptors (Lipinski definition) is 1. The minimum atomic E-state index is 1.15. The van der Waals surface area contributed by atoms with Crippen LogP contribution in [0.25, 0.3) is 42.0 Å². The van der Waals surface area contributed by atoms with Gasteiger partial charge in [0.2, 0.25) is 0 Å². The van der Waals surface area contributed by atoms with E-state index in [-0.39, 0.29) is 0 Å². The first-order valence-corrected chi connectivity index (χ1v) is 9.40. The molecule has 5 rings (SSSR count). The third-order valence-electron chi connectivity index (χ3n) is 5.11. The van der Waals surface area contributed by atoms with Gasteiger partial charge in [0.15, 0.2) is 0 Å². The second-order valence-corrected chi connectivity index (χ2v) is 7.71. The van der Waals surface area contributed by atoms with Crippen LogP contribution < -0.4 is 0 Å². The molecule has 0 fully saturated rings. The molecule has 0 atom stereocenters. The fourth-order valence-corrected chi connectivity index (χ4v) is 5.05. The van der Waals surface area contributed by atoms with Gasteiger partial charge in [-0.1, -0.05) is 37.6 Å². The van der Waals surface area contributed by atoms with E-state index < -0.39 is 0 Å². The lowest BCUT2D eigenvalue weighted by molar-refractivity contribution is 0.923. The molecule has 118 valence electrons. The van der Waals surface area contributed by atoms with Crippen molar-refractivity contribution in [3.63, 3.8) is 0 Å². The van der Waals surface area contributed by atoms with Crippen LogP contribution in [-0.4, -0.2) is 4.57 Å². The van der Waals surface area contributed by atoms with Crippen molar-refractivity contribution in [1.29, 1.82) is 0 Å². The summed E-state index contributed by atoms with van der Waals surface area (Å²) in [7, 11) is 2.19. The van der Waals surface area contributed by atoms with E-state index in [0.717, 1.165) is 6.42 Å². The number of nitrogens with zero attached hydrogens (tertiary/aromatic N) is 1. The van der Waals surface area contributed by atoms with Crippen molar-refractivity contribution in [1.82, 2.24) is 4.57 Å². The molecular formula is C22H19NS. The minimum Gasteiger partial charge on any atom is -0.344 e.